The van der Waals surface area contributed by atoms with Gasteiger partial charge in [-0.05, 0) is 18.6 Å². The zero-order valence-corrected chi connectivity index (χ0v) is 11.1. The van der Waals surface area contributed by atoms with Crippen molar-refractivity contribution >= 4 is 34.8 Å². The van der Waals surface area contributed by atoms with Crippen LogP contribution in [0, 0.1) is 6.92 Å². The molecule has 4 nitrogen and oxygen atoms in total. The molecule has 17 heavy (non-hydrogen) atoms. The van der Waals surface area contributed by atoms with Gasteiger partial charge in [0.15, 0.2) is 0 Å². The largest absolute Gasteiger partial charge is 0.370 e. The molecule has 1 aromatic carbocycles. The van der Waals surface area contributed by atoms with Gasteiger partial charge in [0.05, 0.1) is 15.7 Å². The topological polar surface area (TPSA) is 64.3 Å². The highest BCUT2D eigenvalue weighted by molar-refractivity contribution is 6.40. The summed E-state index contributed by atoms with van der Waals surface area (Å²) in [5, 5.41) is 3.40. The van der Waals surface area contributed by atoms with E-state index in [-0.39, 0.29) is 12.5 Å². The van der Waals surface area contributed by atoms with Gasteiger partial charge < -0.3 is 15.8 Å². The Balaban J connectivity index is 2.95. The summed E-state index contributed by atoms with van der Waals surface area (Å²) >= 11 is 12.0. The number of hydrogen-bond acceptors (Lipinski definition) is 3. The Morgan fingerprint density at radius 2 is 2.18 bits per heavy atom. The number of anilines is 1. The molecule has 0 aromatic heterocycles. The summed E-state index contributed by atoms with van der Waals surface area (Å²) in [5.74, 6) is -0.371. The second-order valence-corrected chi connectivity index (χ2v) is 4.29. The number of carbonyl (C=O) groups excluding carboxylic acids is 1. The van der Waals surface area contributed by atoms with Crippen molar-refractivity contribution in [3.8, 4) is 0 Å². The summed E-state index contributed by atoms with van der Waals surface area (Å²) < 4.78 is 4.92. The molecule has 0 radical (unpaired) electrons. The van der Waals surface area contributed by atoms with Gasteiger partial charge in [0, 0.05) is 13.7 Å². The fourth-order valence-corrected chi connectivity index (χ4v) is 1.75. The maximum absolute atomic E-state index is 11.8. The van der Waals surface area contributed by atoms with E-state index in [1.54, 1.807) is 12.1 Å². The van der Waals surface area contributed by atoms with Gasteiger partial charge in [-0.3, -0.25) is 4.79 Å². The summed E-state index contributed by atoms with van der Waals surface area (Å²) in [4.78, 5) is 11.8. The minimum Gasteiger partial charge on any atom is -0.370 e. The van der Waals surface area contributed by atoms with Gasteiger partial charge >= 0.3 is 0 Å². The minimum atomic E-state index is -0.720. The van der Waals surface area contributed by atoms with Gasteiger partial charge in [0.25, 0.3) is 5.91 Å². The van der Waals surface area contributed by atoms with Crippen molar-refractivity contribution in [1.29, 1.82) is 0 Å². The summed E-state index contributed by atoms with van der Waals surface area (Å²) in [7, 11) is 1.41. The van der Waals surface area contributed by atoms with E-state index in [1.165, 1.54) is 7.11 Å². The number of ether oxygens (including phenoxy) is 1. The lowest BCUT2D eigenvalue weighted by Gasteiger charge is -2.15. The smallest absolute Gasteiger partial charge is 0.254 e. The van der Waals surface area contributed by atoms with Gasteiger partial charge in [-0.25, -0.2) is 0 Å². The highest BCUT2D eigenvalue weighted by Crippen LogP contribution is 2.32. The molecule has 3 N–H and O–H groups in total. The molecule has 0 bridgehead atoms. The number of nitrogens with one attached hydrogen (secondary N) is 1. The van der Waals surface area contributed by atoms with Crippen molar-refractivity contribution in [2.45, 2.75) is 13.0 Å². The van der Waals surface area contributed by atoms with Crippen molar-refractivity contribution in [2.75, 3.05) is 19.0 Å². The number of amides is 1. The number of halogens is 2. The van der Waals surface area contributed by atoms with Gasteiger partial charge in [0.2, 0.25) is 0 Å². The van der Waals surface area contributed by atoms with E-state index < -0.39 is 6.10 Å². The van der Waals surface area contributed by atoms with E-state index in [1.807, 2.05) is 6.92 Å². The number of nitrogens with two attached hydrogens (primary N) is 1. The highest BCUT2D eigenvalue weighted by atomic mass is 35.5. The summed E-state index contributed by atoms with van der Waals surface area (Å²) in [6.45, 7) is 1.91. The molecular weight excluding hydrogens is 263 g/mol. The Morgan fingerprint density at radius 1 is 1.53 bits per heavy atom. The van der Waals surface area contributed by atoms with Crippen LogP contribution in [0.3, 0.4) is 0 Å². The molecule has 6 heteroatoms. The molecule has 0 aliphatic rings. The zero-order valence-electron chi connectivity index (χ0n) is 9.59. The van der Waals surface area contributed by atoms with Crippen LogP contribution in [-0.2, 0) is 9.53 Å². The standard InChI is InChI=1S/C11H14Cl2N2O2/c1-6-3-4-7(12)10(9(6)13)15-11(16)8(5-14)17-2/h3-4,8H,5,14H2,1-2H3,(H,15,16). The van der Waals surface area contributed by atoms with Gasteiger partial charge in [-0.1, -0.05) is 29.3 Å². The predicted octanol–water partition coefficient (Wildman–Crippen LogP) is 2.21. The average Bonchev–Trinajstić information content (AvgIpc) is 2.31. The van der Waals surface area contributed by atoms with Crippen molar-refractivity contribution in [1.82, 2.24) is 0 Å². The molecule has 1 amide bonds. The van der Waals surface area contributed by atoms with Crippen molar-refractivity contribution < 1.29 is 9.53 Å². The van der Waals surface area contributed by atoms with Crippen molar-refractivity contribution in [3.63, 3.8) is 0 Å². The summed E-state index contributed by atoms with van der Waals surface area (Å²) in [6.07, 6.45) is -0.720. The molecule has 0 aliphatic heterocycles. The van der Waals surface area contributed by atoms with E-state index in [9.17, 15) is 4.79 Å². The predicted molar refractivity (Wildman–Crippen MR) is 69.7 cm³/mol. The lowest BCUT2D eigenvalue weighted by molar-refractivity contribution is -0.125. The van der Waals surface area contributed by atoms with Gasteiger partial charge in [-0.2, -0.15) is 0 Å². The first-order valence-corrected chi connectivity index (χ1v) is 5.75. The first-order valence-electron chi connectivity index (χ1n) is 4.99. The van der Waals surface area contributed by atoms with Crippen LogP contribution >= 0.6 is 23.2 Å². The van der Waals surface area contributed by atoms with Crippen LogP contribution in [0.1, 0.15) is 5.56 Å². The normalized spacial score (nSPS) is 12.3. The first-order chi connectivity index (χ1) is 8.01. The Morgan fingerprint density at radius 3 is 2.71 bits per heavy atom. The number of benzene rings is 1. The number of aryl methyl sites for hydroxylation is 1. The van der Waals surface area contributed by atoms with Crippen LogP contribution in [0.4, 0.5) is 5.69 Å². The van der Waals surface area contributed by atoms with Gasteiger partial charge in [-0.15, -0.1) is 0 Å². The SMILES string of the molecule is COC(CN)C(=O)Nc1c(Cl)ccc(C)c1Cl. The van der Waals surface area contributed by atoms with Crippen LogP contribution in [0.25, 0.3) is 0 Å². The van der Waals surface area contributed by atoms with E-state index in [0.717, 1.165) is 5.56 Å². The van der Waals surface area contributed by atoms with Crippen LogP contribution in [0.5, 0.6) is 0 Å². The van der Waals surface area contributed by atoms with Crippen molar-refractivity contribution in [3.05, 3.63) is 27.7 Å². The van der Waals surface area contributed by atoms with E-state index in [2.05, 4.69) is 5.32 Å². The Kier molecular flexibility index (Phi) is 5.21. The molecular formula is C11H14Cl2N2O2. The molecule has 0 aliphatic carbocycles. The summed E-state index contributed by atoms with van der Waals surface area (Å²) in [6, 6.07) is 3.44. The molecule has 1 rings (SSSR count). The second-order valence-electron chi connectivity index (χ2n) is 3.50. The Labute approximate surface area is 110 Å². The number of methoxy groups -OCH3 is 1. The summed E-state index contributed by atoms with van der Waals surface area (Å²) in [5.41, 5.74) is 6.60. The molecule has 1 unspecified atom stereocenters. The zero-order chi connectivity index (χ0) is 13.0. The number of carbonyl (C=O) groups is 1. The van der Waals surface area contributed by atoms with E-state index in [0.29, 0.717) is 15.7 Å². The maximum Gasteiger partial charge on any atom is 0.254 e. The minimum absolute atomic E-state index is 0.0867. The molecule has 94 valence electrons. The van der Waals surface area contributed by atoms with Crippen LogP contribution < -0.4 is 11.1 Å². The molecule has 1 atom stereocenters. The van der Waals surface area contributed by atoms with Crippen LogP contribution in [0.2, 0.25) is 10.0 Å². The van der Waals surface area contributed by atoms with Gasteiger partial charge in [0.1, 0.15) is 6.10 Å². The third-order valence-corrected chi connectivity index (χ3v) is 3.13. The van der Waals surface area contributed by atoms with Crippen LogP contribution in [0.15, 0.2) is 12.1 Å². The first kappa shape index (κ1) is 14.3. The molecule has 0 spiro atoms. The average molecular weight is 277 g/mol. The lowest BCUT2D eigenvalue weighted by atomic mass is 10.2. The molecule has 0 heterocycles. The van der Waals surface area contributed by atoms with E-state index in [4.69, 9.17) is 33.7 Å². The third-order valence-electron chi connectivity index (χ3n) is 2.32. The quantitative estimate of drug-likeness (QED) is 0.886. The lowest BCUT2D eigenvalue weighted by Crippen LogP contribution is -2.36. The number of hydrogen-bond donors (Lipinski definition) is 2. The molecule has 1 aromatic rings. The fraction of sp³-hybridized carbons (Fsp3) is 0.364. The molecule has 0 fully saturated rings. The third kappa shape index (κ3) is 3.33. The highest BCUT2D eigenvalue weighted by Gasteiger charge is 2.18. The molecule has 0 saturated carbocycles. The Hall–Kier alpha value is -0.810. The number of rotatable bonds is 4. The van der Waals surface area contributed by atoms with Crippen molar-refractivity contribution in [2.24, 2.45) is 5.73 Å². The molecule has 0 saturated heterocycles. The van der Waals surface area contributed by atoms with E-state index >= 15 is 0 Å². The second kappa shape index (κ2) is 6.21. The monoisotopic (exact) mass is 276 g/mol. The Bertz CT molecular complexity index is 420. The fourth-order valence-electron chi connectivity index (χ4n) is 1.29. The van der Waals surface area contributed by atoms with Crippen LogP contribution in [-0.4, -0.2) is 25.7 Å². The maximum atomic E-state index is 11.8.